The summed E-state index contributed by atoms with van der Waals surface area (Å²) in [5.74, 6) is -0.255. The molecule has 0 aromatic heterocycles. The van der Waals surface area contributed by atoms with Crippen LogP contribution in [0.1, 0.15) is 0 Å². The number of nitrogens with one attached hydrogen (secondary N) is 1. The molecule has 0 saturated heterocycles. The number of hydrogen-bond donors (Lipinski definition) is 3. The lowest BCUT2D eigenvalue weighted by Crippen LogP contribution is -2.22. The molecule has 0 unspecified atom stereocenters. The maximum Gasteiger partial charge on any atom is 0.238 e. The fourth-order valence-electron chi connectivity index (χ4n) is 1.69. The molecule has 92 valence electrons. The highest BCUT2D eigenvalue weighted by Gasteiger charge is 2.05. The summed E-state index contributed by atoms with van der Waals surface area (Å²) < 4.78 is 0. The predicted molar refractivity (Wildman–Crippen MR) is 74.0 cm³/mol. The van der Waals surface area contributed by atoms with Gasteiger partial charge >= 0.3 is 0 Å². The van der Waals surface area contributed by atoms with Gasteiger partial charge in [0.15, 0.2) is 0 Å². The SMILES string of the molecule is NCC(=O)Nc1ccc(-c2ccccc2)cc1N. The molecule has 0 radical (unpaired) electrons. The molecular weight excluding hydrogens is 226 g/mol. The van der Waals surface area contributed by atoms with Crippen molar-refractivity contribution in [1.82, 2.24) is 0 Å². The molecule has 5 N–H and O–H groups in total. The molecule has 18 heavy (non-hydrogen) atoms. The van der Waals surface area contributed by atoms with E-state index in [0.717, 1.165) is 11.1 Å². The predicted octanol–water partition coefficient (Wildman–Crippen LogP) is 1.83. The van der Waals surface area contributed by atoms with E-state index in [1.165, 1.54) is 0 Å². The van der Waals surface area contributed by atoms with Crippen LogP contribution in [0.25, 0.3) is 11.1 Å². The normalized spacial score (nSPS) is 10.1. The number of anilines is 2. The van der Waals surface area contributed by atoms with E-state index in [1.807, 2.05) is 42.5 Å². The first-order chi connectivity index (χ1) is 8.70. The van der Waals surface area contributed by atoms with E-state index in [-0.39, 0.29) is 12.5 Å². The van der Waals surface area contributed by atoms with Gasteiger partial charge < -0.3 is 16.8 Å². The summed E-state index contributed by atoms with van der Waals surface area (Å²) in [7, 11) is 0. The van der Waals surface area contributed by atoms with Gasteiger partial charge in [0.25, 0.3) is 0 Å². The summed E-state index contributed by atoms with van der Waals surface area (Å²) in [4.78, 5) is 11.2. The summed E-state index contributed by atoms with van der Waals surface area (Å²) in [5, 5.41) is 2.65. The summed E-state index contributed by atoms with van der Waals surface area (Å²) >= 11 is 0. The molecule has 2 aromatic carbocycles. The lowest BCUT2D eigenvalue weighted by atomic mass is 10.0. The van der Waals surface area contributed by atoms with Crippen molar-refractivity contribution in [3.8, 4) is 11.1 Å². The number of nitrogens with two attached hydrogens (primary N) is 2. The van der Waals surface area contributed by atoms with Crippen LogP contribution in [-0.4, -0.2) is 12.5 Å². The maximum absolute atomic E-state index is 11.2. The lowest BCUT2D eigenvalue weighted by Gasteiger charge is -2.09. The molecular formula is C14H15N3O. The Labute approximate surface area is 106 Å². The highest BCUT2D eigenvalue weighted by Crippen LogP contribution is 2.26. The molecule has 0 aliphatic rings. The van der Waals surface area contributed by atoms with Crippen molar-refractivity contribution in [1.29, 1.82) is 0 Å². The van der Waals surface area contributed by atoms with Gasteiger partial charge in [0.05, 0.1) is 17.9 Å². The van der Waals surface area contributed by atoms with Crippen molar-refractivity contribution in [2.45, 2.75) is 0 Å². The molecule has 2 rings (SSSR count). The third-order valence-corrected chi connectivity index (χ3v) is 2.62. The van der Waals surface area contributed by atoms with Crippen LogP contribution in [0, 0.1) is 0 Å². The van der Waals surface area contributed by atoms with Crippen molar-refractivity contribution in [2.24, 2.45) is 5.73 Å². The quantitative estimate of drug-likeness (QED) is 0.717. The van der Waals surface area contributed by atoms with E-state index < -0.39 is 0 Å². The number of carbonyl (C=O) groups excluding carboxylic acids is 1. The van der Waals surface area contributed by atoms with Crippen LogP contribution in [0.15, 0.2) is 48.5 Å². The maximum atomic E-state index is 11.2. The standard InChI is InChI=1S/C14H15N3O/c15-9-14(18)17-13-7-6-11(8-12(13)16)10-4-2-1-3-5-10/h1-8H,9,15-16H2,(H,17,18). The molecule has 0 bridgehead atoms. The molecule has 0 spiro atoms. The zero-order valence-corrected chi connectivity index (χ0v) is 9.89. The van der Waals surface area contributed by atoms with Crippen LogP contribution >= 0.6 is 0 Å². The summed E-state index contributed by atoms with van der Waals surface area (Å²) in [6, 6.07) is 15.4. The lowest BCUT2D eigenvalue weighted by molar-refractivity contribution is -0.114. The van der Waals surface area contributed by atoms with E-state index in [9.17, 15) is 4.79 Å². The summed E-state index contributed by atoms with van der Waals surface area (Å²) in [6.45, 7) is -0.0557. The topological polar surface area (TPSA) is 81.1 Å². The van der Waals surface area contributed by atoms with Crippen LogP contribution in [0.5, 0.6) is 0 Å². The molecule has 4 nitrogen and oxygen atoms in total. The van der Waals surface area contributed by atoms with E-state index in [2.05, 4.69) is 5.32 Å². The fourth-order valence-corrected chi connectivity index (χ4v) is 1.69. The van der Waals surface area contributed by atoms with Crippen LogP contribution in [-0.2, 0) is 4.79 Å². The zero-order valence-electron chi connectivity index (χ0n) is 9.89. The Morgan fingerprint density at radius 3 is 2.39 bits per heavy atom. The van der Waals surface area contributed by atoms with E-state index in [4.69, 9.17) is 11.5 Å². The van der Waals surface area contributed by atoms with Gasteiger partial charge in [-0.1, -0.05) is 36.4 Å². The van der Waals surface area contributed by atoms with E-state index >= 15 is 0 Å². The van der Waals surface area contributed by atoms with Gasteiger partial charge in [-0.2, -0.15) is 0 Å². The number of benzene rings is 2. The van der Waals surface area contributed by atoms with Gasteiger partial charge in [0, 0.05) is 0 Å². The molecule has 0 fully saturated rings. The van der Waals surface area contributed by atoms with Crippen LogP contribution in [0.2, 0.25) is 0 Å². The Morgan fingerprint density at radius 1 is 1.06 bits per heavy atom. The van der Waals surface area contributed by atoms with Gasteiger partial charge in [-0.25, -0.2) is 0 Å². The molecule has 0 aliphatic heterocycles. The monoisotopic (exact) mass is 241 g/mol. The minimum Gasteiger partial charge on any atom is -0.397 e. The van der Waals surface area contributed by atoms with Gasteiger partial charge in [-0.05, 0) is 23.3 Å². The number of hydrogen-bond acceptors (Lipinski definition) is 3. The first-order valence-electron chi connectivity index (χ1n) is 5.65. The van der Waals surface area contributed by atoms with E-state index in [1.54, 1.807) is 6.07 Å². The molecule has 0 heterocycles. The van der Waals surface area contributed by atoms with Crippen molar-refractivity contribution in [3.63, 3.8) is 0 Å². The highest BCUT2D eigenvalue weighted by atomic mass is 16.1. The number of amides is 1. The molecule has 0 aliphatic carbocycles. The minimum absolute atomic E-state index is 0.0557. The van der Waals surface area contributed by atoms with Crippen molar-refractivity contribution in [2.75, 3.05) is 17.6 Å². The first kappa shape index (κ1) is 12.1. The third-order valence-electron chi connectivity index (χ3n) is 2.62. The molecule has 4 heteroatoms. The Morgan fingerprint density at radius 2 is 1.78 bits per heavy atom. The second kappa shape index (κ2) is 5.33. The van der Waals surface area contributed by atoms with Crippen LogP contribution in [0.3, 0.4) is 0 Å². The summed E-state index contributed by atoms with van der Waals surface area (Å²) in [6.07, 6.45) is 0. The van der Waals surface area contributed by atoms with Crippen LogP contribution < -0.4 is 16.8 Å². The van der Waals surface area contributed by atoms with Crippen molar-refractivity contribution in [3.05, 3.63) is 48.5 Å². The molecule has 1 amide bonds. The molecule has 0 atom stereocenters. The molecule has 2 aromatic rings. The van der Waals surface area contributed by atoms with Gasteiger partial charge in [0.1, 0.15) is 0 Å². The molecule has 0 saturated carbocycles. The first-order valence-corrected chi connectivity index (χ1v) is 5.65. The van der Waals surface area contributed by atoms with E-state index in [0.29, 0.717) is 11.4 Å². The Hall–Kier alpha value is -2.33. The van der Waals surface area contributed by atoms with Gasteiger partial charge in [0.2, 0.25) is 5.91 Å². The van der Waals surface area contributed by atoms with Crippen molar-refractivity contribution >= 4 is 17.3 Å². The second-order valence-corrected chi connectivity index (χ2v) is 3.92. The number of nitrogen functional groups attached to an aromatic ring is 1. The van der Waals surface area contributed by atoms with Gasteiger partial charge in [-0.3, -0.25) is 4.79 Å². The highest BCUT2D eigenvalue weighted by molar-refractivity contribution is 5.95. The fraction of sp³-hybridized carbons (Fsp3) is 0.0714. The summed E-state index contributed by atoms with van der Waals surface area (Å²) in [5.41, 5.74) is 14.4. The smallest absolute Gasteiger partial charge is 0.238 e. The number of carbonyl (C=O) groups is 1. The number of rotatable bonds is 3. The largest absolute Gasteiger partial charge is 0.397 e. The zero-order chi connectivity index (χ0) is 13.0. The third kappa shape index (κ3) is 2.67. The average Bonchev–Trinajstić information content (AvgIpc) is 2.42. The van der Waals surface area contributed by atoms with Crippen molar-refractivity contribution < 1.29 is 4.79 Å². The Bertz CT molecular complexity index is 552. The minimum atomic E-state index is -0.255. The average molecular weight is 241 g/mol. The Kier molecular flexibility index (Phi) is 3.60. The Balaban J connectivity index is 2.28. The second-order valence-electron chi connectivity index (χ2n) is 3.92. The van der Waals surface area contributed by atoms with Crippen LogP contribution in [0.4, 0.5) is 11.4 Å². The van der Waals surface area contributed by atoms with Gasteiger partial charge in [-0.15, -0.1) is 0 Å².